The molecular formula is C24H29ClFN3O3. The van der Waals surface area contributed by atoms with Crippen molar-refractivity contribution in [1.82, 2.24) is 9.80 Å². The Labute approximate surface area is 197 Å². The molecule has 1 aliphatic carbocycles. The van der Waals surface area contributed by atoms with Crippen LogP contribution < -0.4 is 9.64 Å². The number of carbonyl (C=O) groups is 2. The summed E-state index contributed by atoms with van der Waals surface area (Å²) in [6, 6.07) is 4.08. The quantitative estimate of drug-likeness (QED) is 0.666. The Hall–Kier alpha value is -2.38. The van der Waals surface area contributed by atoms with Crippen molar-refractivity contribution in [3.63, 3.8) is 0 Å². The van der Waals surface area contributed by atoms with Crippen LogP contribution in [0.15, 0.2) is 41.5 Å². The zero-order valence-corrected chi connectivity index (χ0v) is 19.0. The third-order valence-corrected chi connectivity index (χ3v) is 6.55. The van der Waals surface area contributed by atoms with Crippen LogP contribution in [-0.2, 0) is 9.59 Å². The molecule has 0 aromatic heterocycles. The van der Waals surface area contributed by atoms with E-state index in [1.165, 1.54) is 46.2 Å². The second-order valence-electron chi connectivity index (χ2n) is 8.49. The molecule has 1 atom stereocenters. The second kappa shape index (κ2) is 9.24. The summed E-state index contributed by atoms with van der Waals surface area (Å²) in [5.74, 6) is -2.38. The first-order chi connectivity index (χ1) is 16.4. The van der Waals surface area contributed by atoms with Gasteiger partial charge in [-0.3, -0.25) is 9.59 Å². The smallest absolute Gasteiger partial charge is 0.265 e. The van der Waals surface area contributed by atoms with Crippen molar-refractivity contribution in [2.24, 2.45) is 11.3 Å². The zero-order chi connectivity index (χ0) is 25.6. The van der Waals surface area contributed by atoms with Crippen LogP contribution in [0.2, 0.25) is 0 Å². The lowest BCUT2D eigenvalue weighted by atomic mass is 9.65. The van der Waals surface area contributed by atoms with Gasteiger partial charge < -0.3 is 19.4 Å². The standard InChI is InChI=1S/C24H29ClFN3O3/c1-27(2)23(31)24(17-3-5-18(25)6-4-17)9-11-28(12-10-24)13-14-29-20-15-19(26)7-8-21(20)32-16-22(29)30/h3,5-8,15,17H,4,9-14,16H2,1-2H3/i4T2,17T. The molecule has 1 unspecified atom stereocenters. The number of halogens is 2. The van der Waals surface area contributed by atoms with E-state index < -0.39 is 23.5 Å². The summed E-state index contributed by atoms with van der Waals surface area (Å²) in [6.45, 7) is 1.57. The summed E-state index contributed by atoms with van der Waals surface area (Å²) in [5.41, 5.74) is -0.893. The molecule has 0 radical (unpaired) electrons. The average Bonchev–Trinajstić information content (AvgIpc) is 2.80. The number of anilines is 1. The van der Waals surface area contributed by atoms with Gasteiger partial charge in [0, 0.05) is 42.4 Å². The fourth-order valence-electron chi connectivity index (χ4n) is 4.55. The molecule has 4 rings (SSSR count). The number of fused-ring (bicyclic) bond motifs is 1. The van der Waals surface area contributed by atoms with Gasteiger partial charge in [-0.2, -0.15) is 0 Å². The number of rotatable bonds is 5. The van der Waals surface area contributed by atoms with Crippen LogP contribution in [-0.4, -0.2) is 68.5 Å². The molecule has 2 aliphatic heterocycles. The maximum Gasteiger partial charge on any atom is 0.265 e. The van der Waals surface area contributed by atoms with Gasteiger partial charge in [0.2, 0.25) is 5.91 Å². The van der Waals surface area contributed by atoms with Crippen molar-refractivity contribution >= 4 is 29.1 Å². The number of amides is 2. The normalized spacial score (nSPS) is 28.0. The first-order valence-electron chi connectivity index (χ1n) is 12.1. The van der Waals surface area contributed by atoms with Crippen LogP contribution in [0.4, 0.5) is 10.1 Å². The molecule has 1 aromatic carbocycles. The van der Waals surface area contributed by atoms with E-state index in [9.17, 15) is 15.4 Å². The highest BCUT2D eigenvalue weighted by atomic mass is 35.5. The molecule has 2 amide bonds. The van der Waals surface area contributed by atoms with Gasteiger partial charge in [0.15, 0.2) is 6.61 Å². The lowest BCUT2D eigenvalue weighted by molar-refractivity contribution is -0.145. The number of nitrogens with zero attached hydrogens (tertiary/aromatic N) is 3. The third kappa shape index (κ3) is 4.41. The molecule has 0 bridgehead atoms. The fourth-order valence-corrected chi connectivity index (χ4v) is 4.67. The lowest BCUT2D eigenvalue weighted by Gasteiger charge is -2.46. The molecule has 1 aromatic rings. The van der Waals surface area contributed by atoms with E-state index in [1.54, 1.807) is 14.1 Å². The Kier molecular flexibility index (Phi) is 5.52. The summed E-state index contributed by atoms with van der Waals surface area (Å²) < 4.78 is 45.6. The van der Waals surface area contributed by atoms with Gasteiger partial charge in [-0.15, -0.1) is 0 Å². The summed E-state index contributed by atoms with van der Waals surface area (Å²) in [5, 5.41) is 0.203. The largest absolute Gasteiger partial charge is 0.482 e. The van der Waals surface area contributed by atoms with Crippen molar-refractivity contribution < 1.29 is 22.8 Å². The van der Waals surface area contributed by atoms with E-state index >= 15 is 0 Å². The number of hydrogen-bond acceptors (Lipinski definition) is 4. The number of piperidine rings is 1. The Morgan fingerprint density at radius 3 is 2.81 bits per heavy atom. The zero-order valence-electron chi connectivity index (χ0n) is 21.2. The van der Waals surface area contributed by atoms with E-state index in [0.717, 1.165) is 0 Å². The third-order valence-electron chi connectivity index (χ3n) is 6.32. The number of hydrogen-bond donors (Lipinski definition) is 0. The molecule has 1 saturated heterocycles. The minimum atomic E-state index is -2.14. The molecule has 0 saturated carbocycles. The number of benzene rings is 1. The van der Waals surface area contributed by atoms with E-state index in [0.29, 0.717) is 37.6 Å². The molecular weight excluding hydrogens is 433 g/mol. The summed E-state index contributed by atoms with van der Waals surface area (Å²) in [4.78, 5) is 30.9. The second-order valence-corrected chi connectivity index (χ2v) is 8.93. The Balaban J connectivity index is 1.52. The molecule has 3 aliphatic rings. The van der Waals surface area contributed by atoms with Crippen molar-refractivity contribution in [1.29, 1.82) is 0 Å². The highest BCUT2D eigenvalue weighted by Gasteiger charge is 2.47. The SMILES string of the molecule is [3H]C1([3H])C=C(Cl)C=CC1([3H])C1(C(=O)N(C)C)CCN(CCN2C(=O)COc3ccc(F)cc32)CC1. The van der Waals surface area contributed by atoms with E-state index in [-0.39, 0.29) is 36.3 Å². The maximum atomic E-state index is 13.8. The molecule has 6 nitrogen and oxygen atoms in total. The Morgan fingerprint density at radius 1 is 1.38 bits per heavy atom. The minimum Gasteiger partial charge on any atom is -0.482 e. The van der Waals surface area contributed by atoms with E-state index in [1.807, 2.05) is 0 Å². The van der Waals surface area contributed by atoms with Gasteiger partial charge in [-0.25, -0.2) is 4.39 Å². The number of carbonyl (C=O) groups excluding carboxylic acids is 2. The molecule has 1 fully saturated rings. The van der Waals surface area contributed by atoms with Gasteiger partial charge in [-0.05, 0) is 56.4 Å². The van der Waals surface area contributed by atoms with Crippen LogP contribution in [0.25, 0.3) is 0 Å². The van der Waals surface area contributed by atoms with Gasteiger partial charge in [0.05, 0.1) is 11.1 Å². The van der Waals surface area contributed by atoms with Gasteiger partial charge in [-0.1, -0.05) is 23.8 Å². The van der Waals surface area contributed by atoms with E-state index in [2.05, 4.69) is 4.90 Å². The maximum absolute atomic E-state index is 13.8. The van der Waals surface area contributed by atoms with Crippen LogP contribution in [0.5, 0.6) is 5.75 Å². The minimum absolute atomic E-state index is 0.113. The van der Waals surface area contributed by atoms with Gasteiger partial charge in [0.25, 0.3) is 5.91 Å². The number of likely N-dealkylation sites (tertiary alicyclic amines) is 1. The van der Waals surface area contributed by atoms with Crippen LogP contribution in [0, 0.1) is 17.1 Å². The summed E-state index contributed by atoms with van der Waals surface area (Å²) in [6.07, 6.45) is 2.52. The number of allylic oxidation sites excluding steroid dienone is 4. The van der Waals surface area contributed by atoms with Gasteiger partial charge in [0.1, 0.15) is 11.6 Å². The monoisotopic (exact) mass is 467 g/mol. The average molecular weight is 468 g/mol. The predicted octanol–water partition coefficient (Wildman–Crippen LogP) is 3.42. The van der Waals surface area contributed by atoms with Crippen LogP contribution in [0.3, 0.4) is 0 Å². The lowest BCUT2D eigenvalue weighted by Crippen LogP contribution is -2.53. The number of ether oxygens (including phenoxy) is 1. The predicted molar refractivity (Wildman–Crippen MR) is 122 cm³/mol. The molecule has 32 heavy (non-hydrogen) atoms. The molecule has 172 valence electrons. The summed E-state index contributed by atoms with van der Waals surface area (Å²) in [7, 11) is 3.23. The van der Waals surface area contributed by atoms with Crippen molar-refractivity contribution in [3.05, 3.63) is 47.3 Å². The highest BCUT2D eigenvalue weighted by Crippen LogP contribution is 2.44. The van der Waals surface area contributed by atoms with Crippen LogP contribution >= 0.6 is 11.6 Å². The van der Waals surface area contributed by atoms with Crippen molar-refractivity contribution in [2.45, 2.75) is 19.2 Å². The fraction of sp³-hybridized carbons (Fsp3) is 0.500. The first kappa shape index (κ1) is 19.1. The van der Waals surface area contributed by atoms with Crippen molar-refractivity contribution in [2.75, 3.05) is 51.8 Å². The molecule has 8 heteroatoms. The van der Waals surface area contributed by atoms with E-state index in [4.69, 9.17) is 19.1 Å². The molecule has 0 spiro atoms. The van der Waals surface area contributed by atoms with Crippen LogP contribution in [0.1, 0.15) is 23.3 Å². The van der Waals surface area contributed by atoms with Gasteiger partial charge >= 0.3 is 0 Å². The Morgan fingerprint density at radius 2 is 2.12 bits per heavy atom. The topological polar surface area (TPSA) is 53.1 Å². The van der Waals surface area contributed by atoms with Crippen molar-refractivity contribution in [3.8, 4) is 5.75 Å². The molecule has 0 N–H and O–H groups in total. The first-order valence-corrected chi connectivity index (χ1v) is 11.0. The Bertz CT molecular complexity index is 1090. The summed E-state index contributed by atoms with van der Waals surface area (Å²) >= 11 is 6.03. The molecule has 2 heterocycles. The highest BCUT2D eigenvalue weighted by molar-refractivity contribution is 6.31.